The van der Waals surface area contributed by atoms with Crippen LogP contribution in [0, 0.1) is 5.92 Å². The first-order chi connectivity index (χ1) is 13.6. The Bertz CT molecular complexity index is 904. The first-order valence-electron chi connectivity index (χ1n) is 8.93. The molecule has 0 aromatic carbocycles. The van der Waals surface area contributed by atoms with E-state index >= 15 is 4.39 Å². The number of carbonyl (C=O) groups is 2. The van der Waals surface area contributed by atoms with Crippen LogP contribution >= 0.6 is 0 Å². The number of aliphatic hydroxyl groups is 1. The predicted octanol–water partition coefficient (Wildman–Crippen LogP) is -0.485. The van der Waals surface area contributed by atoms with Gasteiger partial charge in [-0.25, -0.2) is 18.8 Å². The number of nitrogen functional groups attached to an aromatic ring is 1. The molecule has 1 aromatic heterocycles. The SMILES string of the molecule is C=C(C)C(=O)OCC(=O)OC12C(F)C(n3ccc(N)nc3=O)C(C)OC1C2CO. The minimum absolute atomic E-state index is 0.0240. The predicted molar refractivity (Wildman–Crippen MR) is 96.3 cm³/mol. The number of ether oxygens (including phenoxy) is 3. The lowest BCUT2D eigenvalue weighted by Gasteiger charge is -2.37. The summed E-state index contributed by atoms with van der Waals surface area (Å²) in [7, 11) is 0. The highest BCUT2D eigenvalue weighted by atomic mass is 19.1. The summed E-state index contributed by atoms with van der Waals surface area (Å²) in [5, 5.41) is 9.63. The van der Waals surface area contributed by atoms with Gasteiger partial charge in [-0.2, -0.15) is 4.98 Å². The van der Waals surface area contributed by atoms with Crippen LogP contribution in [0.3, 0.4) is 0 Å². The van der Waals surface area contributed by atoms with Crippen LogP contribution in [0.2, 0.25) is 0 Å². The lowest BCUT2D eigenvalue weighted by atomic mass is 9.96. The molecule has 0 bridgehead atoms. The Hall–Kier alpha value is -2.79. The van der Waals surface area contributed by atoms with E-state index < -0.39 is 66.8 Å². The summed E-state index contributed by atoms with van der Waals surface area (Å²) in [4.78, 5) is 39.4. The fourth-order valence-corrected chi connectivity index (χ4v) is 3.72. The van der Waals surface area contributed by atoms with Crippen LogP contribution in [0.25, 0.3) is 0 Å². The fourth-order valence-electron chi connectivity index (χ4n) is 3.72. The Morgan fingerprint density at radius 2 is 2.21 bits per heavy atom. The molecule has 0 amide bonds. The molecule has 10 nitrogen and oxygen atoms in total. The van der Waals surface area contributed by atoms with Crippen molar-refractivity contribution in [2.45, 2.75) is 43.9 Å². The van der Waals surface area contributed by atoms with E-state index in [0.717, 1.165) is 4.57 Å². The van der Waals surface area contributed by atoms with Gasteiger partial charge in [0.2, 0.25) is 0 Å². The van der Waals surface area contributed by atoms with Crippen LogP contribution < -0.4 is 11.4 Å². The zero-order chi connectivity index (χ0) is 21.5. The van der Waals surface area contributed by atoms with Crippen molar-refractivity contribution in [1.82, 2.24) is 9.55 Å². The molecule has 3 rings (SSSR count). The molecule has 0 spiro atoms. The summed E-state index contributed by atoms with van der Waals surface area (Å²) in [5.74, 6) is -2.66. The molecule has 6 atom stereocenters. The van der Waals surface area contributed by atoms with E-state index in [1.807, 2.05) is 0 Å². The second-order valence-corrected chi connectivity index (χ2v) is 7.17. The number of hydrogen-bond acceptors (Lipinski definition) is 9. The highest BCUT2D eigenvalue weighted by Gasteiger charge is 2.78. The van der Waals surface area contributed by atoms with Crippen LogP contribution in [-0.4, -0.2) is 63.8 Å². The quantitative estimate of drug-likeness (QED) is 0.468. The van der Waals surface area contributed by atoms with Crippen molar-refractivity contribution in [2.24, 2.45) is 5.92 Å². The molecule has 6 unspecified atom stereocenters. The minimum atomic E-state index is -1.89. The molecule has 1 aliphatic carbocycles. The molecular formula is C18H22FN3O7. The molecule has 11 heteroatoms. The van der Waals surface area contributed by atoms with E-state index in [0.29, 0.717) is 0 Å². The van der Waals surface area contributed by atoms with Gasteiger partial charge in [0.25, 0.3) is 0 Å². The maximum atomic E-state index is 15.7. The molecule has 29 heavy (non-hydrogen) atoms. The Morgan fingerprint density at radius 3 is 2.79 bits per heavy atom. The summed E-state index contributed by atoms with van der Waals surface area (Å²) in [6.45, 7) is 5.10. The number of halogens is 1. The van der Waals surface area contributed by atoms with Crippen molar-refractivity contribution < 1.29 is 33.3 Å². The van der Waals surface area contributed by atoms with Gasteiger partial charge in [-0.05, 0) is 19.9 Å². The third-order valence-electron chi connectivity index (χ3n) is 5.18. The number of anilines is 1. The molecule has 1 aliphatic heterocycles. The number of nitrogens with zero attached hydrogens (tertiary/aromatic N) is 2. The number of alkyl halides is 1. The number of rotatable bonds is 6. The number of esters is 2. The van der Waals surface area contributed by atoms with Crippen LogP contribution in [0.5, 0.6) is 0 Å². The van der Waals surface area contributed by atoms with Gasteiger partial charge in [-0.1, -0.05) is 6.58 Å². The zero-order valence-electron chi connectivity index (χ0n) is 15.9. The Kier molecular flexibility index (Phi) is 5.46. The van der Waals surface area contributed by atoms with Crippen LogP contribution in [0.4, 0.5) is 10.2 Å². The van der Waals surface area contributed by atoms with E-state index in [9.17, 15) is 19.5 Å². The Morgan fingerprint density at radius 1 is 1.52 bits per heavy atom. The number of fused-ring (bicyclic) bond motifs is 1. The standard InChI is InChI=1S/C18H22FN3O7/c1-8(2)16(25)27-7-12(24)29-18-10(6-23)15(18)28-9(3)13(14(18)19)22-5-4-11(20)21-17(22)26/h4-5,9-10,13-15,23H,1,6-7H2,2-3H3,(H2,20,21,26). The van der Waals surface area contributed by atoms with Gasteiger partial charge in [0.05, 0.1) is 24.7 Å². The smallest absolute Gasteiger partial charge is 0.349 e. The van der Waals surface area contributed by atoms with Crippen LogP contribution in [-0.2, 0) is 23.8 Å². The zero-order valence-corrected chi connectivity index (χ0v) is 15.9. The fraction of sp³-hybridized carbons (Fsp3) is 0.556. The largest absolute Gasteiger partial charge is 0.450 e. The van der Waals surface area contributed by atoms with Crippen molar-refractivity contribution in [2.75, 3.05) is 18.9 Å². The second kappa shape index (κ2) is 7.56. The van der Waals surface area contributed by atoms with E-state index in [1.54, 1.807) is 6.92 Å². The molecule has 158 valence electrons. The van der Waals surface area contributed by atoms with Crippen molar-refractivity contribution in [3.8, 4) is 0 Å². The van der Waals surface area contributed by atoms with E-state index in [-0.39, 0.29) is 11.4 Å². The maximum Gasteiger partial charge on any atom is 0.349 e. The van der Waals surface area contributed by atoms with Crippen LogP contribution in [0.1, 0.15) is 19.9 Å². The Balaban J connectivity index is 1.84. The number of carbonyl (C=O) groups excluding carboxylic acids is 2. The maximum absolute atomic E-state index is 15.7. The van der Waals surface area contributed by atoms with Gasteiger partial charge in [0.1, 0.15) is 11.9 Å². The lowest BCUT2D eigenvalue weighted by molar-refractivity contribution is -0.183. The van der Waals surface area contributed by atoms with Crippen LogP contribution in [0.15, 0.2) is 29.2 Å². The molecule has 3 N–H and O–H groups in total. The minimum Gasteiger partial charge on any atom is -0.450 e. The summed E-state index contributed by atoms with van der Waals surface area (Å²) in [6, 6.07) is 0.160. The third kappa shape index (κ3) is 3.51. The highest BCUT2D eigenvalue weighted by Crippen LogP contribution is 2.59. The van der Waals surface area contributed by atoms with Crippen molar-refractivity contribution in [1.29, 1.82) is 0 Å². The number of hydrogen-bond donors (Lipinski definition) is 2. The van der Waals surface area contributed by atoms with Gasteiger partial charge in [-0.15, -0.1) is 0 Å². The van der Waals surface area contributed by atoms with Crippen molar-refractivity contribution in [3.63, 3.8) is 0 Å². The van der Waals surface area contributed by atoms with Crippen molar-refractivity contribution >= 4 is 17.8 Å². The average Bonchev–Trinajstić information content (AvgIpc) is 3.27. The molecule has 1 saturated heterocycles. The van der Waals surface area contributed by atoms with Crippen molar-refractivity contribution in [3.05, 3.63) is 34.9 Å². The number of aliphatic hydroxyl groups excluding tert-OH is 1. The summed E-state index contributed by atoms with van der Waals surface area (Å²) >= 11 is 0. The van der Waals surface area contributed by atoms with Gasteiger partial charge >= 0.3 is 17.6 Å². The Labute approximate surface area is 165 Å². The first-order valence-corrected chi connectivity index (χ1v) is 8.93. The third-order valence-corrected chi connectivity index (χ3v) is 5.18. The van der Waals surface area contributed by atoms with E-state index in [1.165, 1.54) is 19.2 Å². The topological polar surface area (TPSA) is 143 Å². The van der Waals surface area contributed by atoms with Gasteiger partial charge in [0.15, 0.2) is 18.4 Å². The van der Waals surface area contributed by atoms with Gasteiger partial charge < -0.3 is 25.1 Å². The number of nitrogens with two attached hydrogens (primary N) is 1. The molecule has 1 aromatic rings. The first kappa shape index (κ1) is 20.9. The molecular weight excluding hydrogens is 389 g/mol. The monoisotopic (exact) mass is 411 g/mol. The summed E-state index contributed by atoms with van der Waals surface area (Å²) in [5.41, 5.74) is 2.97. The highest BCUT2D eigenvalue weighted by molar-refractivity contribution is 5.88. The number of aromatic nitrogens is 2. The van der Waals surface area contributed by atoms with E-state index in [4.69, 9.17) is 19.9 Å². The molecule has 2 heterocycles. The average molecular weight is 411 g/mol. The molecule has 1 saturated carbocycles. The summed E-state index contributed by atoms with van der Waals surface area (Å²) in [6.07, 6.45) is -2.28. The summed E-state index contributed by atoms with van der Waals surface area (Å²) < 4.78 is 32.4. The molecule has 2 fully saturated rings. The molecule has 2 aliphatic rings. The van der Waals surface area contributed by atoms with Gasteiger partial charge in [-0.3, -0.25) is 4.57 Å². The lowest BCUT2D eigenvalue weighted by Crippen LogP contribution is -2.52. The van der Waals surface area contributed by atoms with Gasteiger partial charge in [0, 0.05) is 11.8 Å². The van der Waals surface area contributed by atoms with E-state index in [2.05, 4.69) is 11.6 Å². The molecule has 0 radical (unpaired) electrons. The normalized spacial score (nSPS) is 32.8. The second-order valence-electron chi connectivity index (χ2n) is 7.17.